The monoisotopic (exact) mass is 269 g/mol. The SMILES string of the molecule is CC[C@]1(F)Cc2ccccc2N=C(c2ccccc2)O1. The second kappa shape index (κ2) is 5.08. The first-order valence-electron chi connectivity index (χ1n) is 6.80. The number of aliphatic imine (C=N–C) groups is 1. The van der Waals surface area contributed by atoms with Gasteiger partial charge in [-0.15, -0.1) is 0 Å². The third-order valence-electron chi connectivity index (χ3n) is 3.50. The van der Waals surface area contributed by atoms with Gasteiger partial charge in [-0.3, -0.25) is 0 Å². The molecule has 0 unspecified atom stereocenters. The third kappa shape index (κ3) is 2.44. The Bertz CT molecular complexity index is 638. The number of benzene rings is 2. The molecule has 3 rings (SSSR count). The van der Waals surface area contributed by atoms with E-state index in [0.717, 1.165) is 16.8 Å². The van der Waals surface area contributed by atoms with Crippen molar-refractivity contribution in [1.82, 2.24) is 0 Å². The Morgan fingerprint density at radius 3 is 2.55 bits per heavy atom. The summed E-state index contributed by atoms with van der Waals surface area (Å²) >= 11 is 0. The van der Waals surface area contributed by atoms with Gasteiger partial charge in [0.1, 0.15) is 0 Å². The smallest absolute Gasteiger partial charge is 0.254 e. The number of halogens is 1. The van der Waals surface area contributed by atoms with Crippen LogP contribution in [-0.2, 0) is 11.2 Å². The molecular weight excluding hydrogens is 253 g/mol. The van der Waals surface area contributed by atoms with Crippen molar-refractivity contribution in [1.29, 1.82) is 0 Å². The zero-order chi connectivity index (χ0) is 14.0. The zero-order valence-electron chi connectivity index (χ0n) is 11.3. The van der Waals surface area contributed by atoms with Crippen molar-refractivity contribution in [2.45, 2.75) is 25.6 Å². The van der Waals surface area contributed by atoms with E-state index in [1.807, 2.05) is 54.6 Å². The second-order valence-electron chi connectivity index (χ2n) is 4.93. The number of ether oxygens (including phenoxy) is 1. The van der Waals surface area contributed by atoms with Crippen LogP contribution >= 0.6 is 0 Å². The molecule has 1 heterocycles. The molecular formula is C17H16FNO. The molecule has 0 N–H and O–H groups in total. The molecule has 0 bridgehead atoms. The summed E-state index contributed by atoms with van der Waals surface area (Å²) in [5, 5.41) is 0. The molecule has 2 aromatic rings. The lowest BCUT2D eigenvalue weighted by atomic mass is 10.0. The first-order chi connectivity index (χ1) is 9.70. The first-order valence-corrected chi connectivity index (χ1v) is 6.80. The largest absolute Gasteiger partial charge is 0.440 e. The second-order valence-corrected chi connectivity index (χ2v) is 4.93. The molecule has 2 nitrogen and oxygen atoms in total. The van der Waals surface area contributed by atoms with E-state index in [1.165, 1.54) is 0 Å². The summed E-state index contributed by atoms with van der Waals surface area (Å²) in [5.74, 6) is -1.36. The molecule has 0 radical (unpaired) electrons. The number of nitrogens with zero attached hydrogens (tertiary/aromatic N) is 1. The highest BCUT2D eigenvalue weighted by molar-refractivity contribution is 5.96. The van der Waals surface area contributed by atoms with E-state index in [9.17, 15) is 4.39 Å². The van der Waals surface area contributed by atoms with Crippen LogP contribution in [0.2, 0.25) is 0 Å². The van der Waals surface area contributed by atoms with Crippen molar-refractivity contribution in [3.63, 3.8) is 0 Å². The fourth-order valence-corrected chi connectivity index (χ4v) is 2.30. The van der Waals surface area contributed by atoms with E-state index in [0.29, 0.717) is 5.90 Å². The van der Waals surface area contributed by atoms with Crippen LogP contribution in [-0.4, -0.2) is 11.8 Å². The Morgan fingerprint density at radius 2 is 1.80 bits per heavy atom. The van der Waals surface area contributed by atoms with Crippen LogP contribution in [0, 0.1) is 0 Å². The van der Waals surface area contributed by atoms with Gasteiger partial charge in [-0.25, -0.2) is 4.99 Å². The van der Waals surface area contributed by atoms with Crippen LogP contribution in [0.25, 0.3) is 0 Å². The average molecular weight is 269 g/mol. The van der Waals surface area contributed by atoms with Gasteiger partial charge in [0.2, 0.25) is 5.90 Å². The van der Waals surface area contributed by atoms with Crippen LogP contribution in [0.4, 0.5) is 10.1 Å². The highest BCUT2D eigenvalue weighted by atomic mass is 19.2. The summed E-state index contributed by atoms with van der Waals surface area (Å²) in [6, 6.07) is 17.1. The number of alkyl halides is 1. The molecule has 0 fully saturated rings. The van der Waals surface area contributed by atoms with Gasteiger partial charge in [-0.05, 0) is 23.8 Å². The number of rotatable bonds is 2. The number of para-hydroxylation sites is 1. The molecule has 0 saturated heterocycles. The van der Waals surface area contributed by atoms with Gasteiger partial charge in [0.15, 0.2) is 0 Å². The lowest BCUT2D eigenvalue weighted by Crippen LogP contribution is -2.31. The number of hydrogen-bond donors (Lipinski definition) is 0. The Kier molecular flexibility index (Phi) is 3.26. The number of fused-ring (bicyclic) bond motifs is 1. The van der Waals surface area contributed by atoms with Gasteiger partial charge in [0.05, 0.1) is 5.69 Å². The molecule has 0 aromatic heterocycles. The summed E-state index contributed by atoms with van der Waals surface area (Å²) in [7, 11) is 0. The van der Waals surface area contributed by atoms with Crippen LogP contribution in [0.5, 0.6) is 0 Å². The van der Waals surface area contributed by atoms with Crippen molar-refractivity contribution in [2.24, 2.45) is 4.99 Å². The highest BCUT2D eigenvalue weighted by Gasteiger charge is 2.34. The topological polar surface area (TPSA) is 21.6 Å². The van der Waals surface area contributed by atoms with Gasteiger partial charge in [-0.1, -0.05) is 43.3 Å². The van der Waals surface area contributed by atoms with E-state index in [-0.39, 0.29) is 12.8 Å². The maximum absolute atomic E-state index is 14.9. The van der Waals surface area contributed by atoms with E-state index in [2.05, 4.69) is 4.99 Å². The first kappa shape index (κ1) is 12.9. The van der Waals surface area contributed by atoms with Gasteiger partial charge in [0.25, 0.3) is 5.85 Å². The molecule has 0 spiro atoms. The molecule has 0 saturated carbocycles. The maximum Gasteiger partial charge on any atom is 0.254 e. The van der Waals surface area contributed by atoms with Gasteiger partial charge in [-0.2, -0.15) is 4.39 Å². The zero-order valence-corrected chi connectivity index (χ0v) is 11.3. The summed E-state index contributed by atoms with van der Waals surface area (Å²) in [5.41, 5.74) is 2.45. The molecule has 102 valence electrons. The van der Waals surface area contributed by atoms with Gasteiger partial charge < -0.3 is 4.74 Å². The molecule has 0 amide bonds. The van der Waals surface area contributed by atoms with Crippen LogP contribution in [0.3, 0.4) is 0 Å². The Morgan fingerprint density at radius 1 is 1.10 bits per heavy atom. The summed E-state index contributed by atoms with van der Waals surface area (Å²) in [6.45, 7) is 1.79. The highest BCUT2D eigenvalue weighted by Crippen LogP contribution is 2.33. The predicted molar refractivity (Wildman–Crippen MR) is 78.0 cm³/mol. The Labute approximate surface area is 117 Å². The maximum atomic E-state index is 14.9. The fraction of sp³-hybridized carbons (Fsp3) is 0.235. The number of hydrogen-bond acceptors (Lipinski definition) is 2. The Balaban J connectivity index is 2.12. The molecule has 3 heteroatoms. The van der Waals surface area contributed by atoms with Crippen LogP contribution < -0.4 is 0 Å². The summed E-state index contributed by atoms with van der Waals surface area (Å²) in [6.07, 6.45) is 0.507. The Hall–Kier alpha value is -2.16. The minimum atomic E-state index is -1.71. The van der Waals surface area contributed by atoms with Gasteiger partial charge >= 0.3 is 0 Å². The average Bonchev–Trinajstić information content (AvgIpc) is 2.64. The molecule has 1 aliphatic heterocycles. The minimum Gasteiger partial charge on any atom is -0.440 e. The van der Waals surface area contributed by atoms with Crippen molar-refractivity contribution >= 4 is 11.6 Å². The standard InChI is InChI=1S/C17H16FNO/c1-2-17(18)12-14-10-6-7-11-15(14)19-16(20-17)13-8-4-3-5-9-13/h3-11H,2,12H2,1H3/t17-/m1/s1. The van der Waals surface area contributed by atoms with Crippen LogP contribution in [0.1, 0.15) is 24.5 Å². The molecule has 1 aliphatic rings. The van der Waals surface area contributed by atoms with Crippen molar-refractivity contribution in [3.05, 3.63) is 65.7 Å². The lowest BCUT2D eigenvalue weighted by molar-refractivity contribution is -0.0736. The van der Waals surface area contributed by atoms with Crippen molar-refractivity contribution in [2.75, 3.05) is 0 Å². The van der Waals surface area contributed by atoms with E-state index in [1.54, 1.807) is 6.92 Å². The molecule has 2 aromatic carbocycles. The van der Waals surface area contributed by atoms with Crippen LogP contribution in [0.15, 0.2) is 59.6 Å². The van der Waals surface area contributed by atoms with Crippen molar-refractivity contribution in [3.8, 4) is 0 Å². The van der Waals surface area contributed by atoms with Gasteiger partial charge in [0, 0.05) is 18.4 Å². The predicted octanol–water partition coefficient (Wildman–Crippen LogP) is 4.41. The fourth-order valence-electron chi connectivity index (χ4n) is 2.30. The summed E-state index contributed by atoms with van der Waals surface area (Å²) < 4.78 is 20.5. The van der Waals surface area contributed by atoms with E-state index in [4.69, 9.17) is 4.74 Å². The van der Waals surface area contributed by atoms with Crippen molar-refractivity contribution < 1.29 is 9.13 Å². The third-order valence-corrected chi connectivity index (χ3v) is 3.50. The molecule has 0 aliphatic carbocycles. The van der Waals surface area contributed by atoms with E-state index < -0.39 is 5.85 Å². The quantitative estimate of drug-likeness (QED) is 0.791. The summed E-state index contributed by atoms with van der Waals surface area (Å²) in [4.78, 5) is 4.51. The lowest BCUT2D eigenvalue weighted by Gasteiger charge is -2.24. The molecule has 20 heavy (non-hydrogen) atoms. The molecule has 1 atom stereocenters. The van der Waals surface area contributed by atoms with E-state index >= 15 is 0 Å². The normalized spacial score (nSPS) is 21.4. The minimum absolute atomic E-state index is 0.222.